The first-order valence-electron chi connectivity index (χ1n) is 6.14. The van der Waals surface area contributed by atoms with E-state index in [1.165, 1.54) is 0 Å². The van der Waals surface area contributed by atoms with Gasteiger partial charge in [0.15, 0.2) is 0 Å². The summed E-state index contributed by atoms with van der Waals surface area (Å²) in [4.78, 5) is 0. The van der Waals surface area contributed by atoms with Gasteiger partial charge in [-0.25, -0.2) is 0 Å². The first-order valence-corrected chi connectivity index (χ1v) is 6.52. The Morgan fingerprint density at radius 1 is 1.30 bits per heavy atom. The lowest BCUT2D eigenvalue weighted by Gasteiger charge is -2.14. The van der Waals surface area contributed by atoms with Crippen molar-refractivity contribution in [1.29, 1.82) is 5.26 Å². The van der Waals surface area contributed by atoms with Crippen LogP contribution in [-0.2, 0) is 6.42 Å². The number of hydrogen-bond donors (Lipinski definition) is 1. The van der Waals surface area contributed by atoms with Gasteiger partial charge in [0.1, 0.15) is 5.75 Å². The molecular weight excluding hydrogens is 274 g/mol. The fraction of sp³-hybridized carbons (Fsp3) is 0.188. The number of ether oxygens (including phenoxy) is 1. The lowest BCUT2D eigenvalue weighted by atomic mass is 9.99. The standard InChI is InChI=1S/C16H14ClNO2/c1-20-16-6-5-14(17)8-13(16)9-15(19)12-4-2-3-11(7-12)10-18/h2-8,15,19H,9H2,1H3. The maximum atomic E-state index is 10.3. The van der Waals surface area contributed by atoms with Gasteiger partial charge in [-0.15, -0.1) is 0 Å². The van der Waals surface area contributed by atoms with E-state index in [0.717, 1.165) is 5.56 Å². The summed E-state index contributed by atoms with van der Waals surface area (Å²) in [6, 6.07) is 14.3. The molecule has 0 bridgehead atoms. The van der Waals surface area contributed by atoms with E-state index < -0.39 is 6.10 Å². The third-order valence-corrected chi connectivity index (χ3v) is 3.29. The Hall–Kier alpha value is -2.02. The molecule has 0 amide bonds. The highest BCUT2D eigenvalue weighted by Gasteiger charge is 2.13. The Labute approximate surface area is 123 Å². The summed E-state index contributed by atoms with van der Waals surface area (Å²) in [7, 11) is 1.58. The van der Waals surface area contributed by atoms with Gasteiger partial charge in [-0.2, -0.15) is 5.26 Å². The smallest absolute Gasteiger partial charge is 0.122 e. The maximum absolute atomic E-state index is 10.3. The first-order chi connectivity index (χ1) is 9.63. The molecule has 0 fully saturated rings. The van der Waals surface area contributed by atoms with E-state index in [0.29, 0.717) is 28.3 Å². The average Bonchev–Trinajstić information content (AvgIpc) is 2.47. The molecule has 1 N–H and O–H groups in total. The van der Waals surface area contributed by atoms with Crippen molar-refractivity contribution in [2.75, 3.05) is 7.11 Å². The van der Waals surface area contributed by atoms with Crippen LogP contribution in [0.15, 0.2) is 42.5 Å². The molecule has 0 radical (unpaired) electrons. The van der Waals surface area contributed by atoms with Crippen LogP contribution in [0.3, 0.4) is 0 Å². The van der Waals surface area contributed by atoms with E-state index in [1.54, 1.807) is 49.6 Å². The lowest BCUT2D eigenvalue weighted by Crippen LogP contribution is -2.03. The summed E-state index contributed by atoms with van der Waals surface area (Å²) < 4.78 is 5.26. The molecule has 0 aliphatic heterocycles. The van der Waals surface area contributed by atoms with Crippen molar-refractivity contribution in [3.05, 3.63) is 64.2 Å². The van der Waals surface area contributed by atoms with Crippen LogP contribution in [0.25, 0.3) is 0 Å². The number of nitrogens with zero attached hydrogens (tertiary/aromatic N) is 1. The van der Waals surface area contributed by atoms with Crippen molar-refractivity contribution in [2.24, 2.45) is 0 Å². The minimum absolute atomic E-state index is 0.374. The zero-order valence-electron chi connectivity index (χ0n) is 11.0. The molecule has 4 heteroatoms. The van der Waals surface area contributed by atoms with Crippen molar-refractivity contribution in [3.8, 4) is 11.8 Å². The molecule has 1 unspecified atom stereocenters. The molecule has 3 nitrogen and oxygen atoms in total. The third kappa shape index (κ3) is 3.30. The van der Waals surface area contributed by atoms with E-state index in [1.807, 2.05) is 0 Å². The summed E-state index contributed by atoms with van der Waals surface area (Å²) in [5, 5.41) is 19.8. The van der Waals surface area contributed by atoms with Crippen molar-refractivity contribution >= 4 is 11.6 Å². The summed E-state index contributed by atoms with van der Waals surface area (Å²) in [6.45, 7) is 0. The van der Waals surface area contributed by atoms with Gasteiger partial charge in [0.05, 0.1) is 24.8 Å². The van der Waals surface area contributed by atoms with Crippen LogP contribution in [0.2, 0.25) is 5.02 Å². The first kappa shape index (κ1) is 14.4. The van der Waals surface area contributed by atoms with Gasteiger partial charge in [-0.3, -0.25) is 0 Å². The number of nitriles is 1. The molecule has 2 aromatic rings. The molecule has 102 valence electrons. The summed E-state index contributed by atoms with van der Waals surface area (Å²) in [6.07, 6.45) is -0.339. The van der Waals surface area contributed by atoms with Gasteiger partial charge in [-0.1, -0.05) is 23.7 Å². The normalized spacial score (nSPS) is 11.7. The molecule has 2 rings (SSSR count). The zero-order valence-corrected chi connectivity index (χ0v) is 11.8. The van der Waals surface area contributed by atoms with E-state index >= 15 is 0 Å². The van der Waals surface area contributed by atoms with E-state index in [-0.39, 0.29) is 0 Å². The highest BCUT2D eigenvalue weighted by molar-refractivity contribution is 6.30. The monoisotopic (exact) mass is 287 g/mol. The van der Waals surface area contributed by atoms with Crippen molar-refractivity contribution in [2.45, 2.75) is 12.5 Å². The van der Waals surface area contributed by atoms with Crippen LogP contribution in [0.4, 0.5) is 0 Å². The van der Waals surface area contributed by atoms with Crippen molar-refractivity contribution < 1.29 is 9.84 Å². The van der Waals surface area contributed by atoms with Gasteiger partial charge < -0.3 is 9.84 Å². The van der Waals surface area contributed by atoms with Gasteiger partial charge in [-0.05, 0) is 41.5 Å². The highest BCUT2D eigenvalue weighted by Crippen LogP contribution is 2.28. The summed E-state index contributed by atoms with van der Waals surface area (Å²) in [5.41, 5.74) is 2.06. The Bertz CT molecular complexity index is 649. The van der Waals surface area contributed by atoms with Crippen LogP contribution in [0.1, 0.15) is 22.8 Å². The van der Waals surface area contributed by atoms with Crippen LogP contribution in [-0.4, -0.2) is 12.2 Å². The predicted molar refractivity (Wildman–Crippen MR) is 77.8 cm³/mol. The van der Waals surface area contributed by atoms with Crippen molar-refractivity contribution in [1.82, 2.24) is 0 Å². The van der Waals surface area contributed by atoms with Crippen molar-refractivity contribution in [3.63, 3.8) is 0 Å². The fourth-order valence-corrected chi connectivity index (χ4v) is 2.24. The SMILES string of the molecule is COc1ccc(Cl)cc1CC(O)c1cccc(C#N)c1. The van der Waals surface area contributed by atoms with E-state index in [4.69, 9.17) is 21.6 Å². The minimum atomic E-state index is -0.712. The van der Waals surface area contributed by atoms with Crippen LogP contribution in [0.5, 0.6) is 5.75 Å². The number of rotatable bonds is 4. The lowest BCUT2D eigenvalue weighted by molar-refractivity contribution is 0.177. The maximum Gasteiger partial charge on any atom is 0.122 e. The zero-order chi connectivity index (χ0) is 14.5. The topological polar surface area (TPSA) is 53.2 Å². The van der Waals surface area contributed by atoms with Gasteiger partial charge in [0.25, 0.3) is 0 Å². The highest BCUT2D eigenvalue weighted by atomic mass is 35.5. The number of benzene rings is 2. The quantitative estimate of drug-likeness (QED) is 0.936. The van der Waals surface area contributed by atoms with Crippen LogP contribution in [0, 0.1) is 11.3 Å². The molecule has 1 atom stereocenters. The van der Waals surface area contributed by atoms with Gasteiger partial charge in [0.2, 0.25) is 0 Å². The fourth-order valence-electron chi connectivity index (χ4n) is 2.05. The second kappa shape index (κ2) is 6.42. The number of aliphatic hydroxyl groups excluding tert-OH is 1. The molecule has 0 aromatic heterocycles. The second-order valence-corrected chi connectivity index (χ2v) is 4.85. The van der Waals surface area contributed by atoms with E-state index in [2.05, 4.69) is 6.07 Å². The van der Waals surface area contributed by atoms with Gasteiger partial charge in [0, 0.05) is 11.4 Å². The number of aliphatic hydroxyl groups is 1. The molecule has 2 aromatic carbocycles. The van der Waals surface area contributed by atoms with Crippen LogP contribution < -0.4 is 4.74 Å². The Balaban J connectivity index is 2.25. The number of hydrogen-bond acceptors (Lipinski definition) is 3. The average molecular weight is 288 g/mol. The summed E-state index contributed by atoms with van der Waals surface area (Å²) >= 11 is 5.97. The Morgan fingerprint density at radius 3 is 2.80 bits per heavy atom. The Kier molecular flexibility index (Phi) is 4.62. The number of halogens is 1. The summed E-state index contributed by atoms with van der Waals surface area (Å²) in [5.74, 6) is 0.685. The molecule has 0 heterocycles. The molecule has 20 heavy (non-hydrogen) atoms. The molecule has 0 saturated heterocycles. The molecule has 0 aliphatic rings. The molecular formula is C16H14ClNO2. The predicted octanol–water partition coefficient (Wildman–Crippen LogP) is 3.50. The third-order valence-electron chi connectivity index (χ3n) is 3.06. The Morgan fingerprint density at radius 2 is 2.10 bits per heavy atom. The largest absolute Gasteiger partial charge is 0.496 e. The van der Waals surface area contributed by atoms with Crippen LogP contribution >= 0.6 is 11.6 Å². The molecule has 0 saturated carbocycles. The molecule has 0 aliphatic carbocycles. The van der Waals surface area contributed by atoms with E-state index in [9.17, 15) is 5.11 Å². The van der Waals surface area contributed by atoms with Gasteiger partial charge >= 0.3 is 0 Å². The minimum Gasteiger partial charge on any atom is -0.496 e. The second-order valence-electron chi connectivity index (χ2n) is 4.41. The molecule has 0 spiro atoms. The number of methoxy groups -OCH3 is 1.